The highest BCUT2D eigenvalue weighted by Crippen LogP contribution is 2.21. The van der Waals surface area contributed by atoms with E-state index in [9.17, 15) is 4.39 Å². The van der Waals surface area contributed by atoms with E-state index in [2.05, 4.69) is 11.8 Å². The molecule has 0 aromatic heterocycles. The van der Waals surface area contributed by atoms with Crippen molar-refractivity contribution in [2.75, 3.05) is 13.1 Å². The molecule has 0 spiro atoms. The molecule has 1 heterocycles. The zero-order valence-corrected chi connectivity index (χ0v) is 11.3. The van der Waals surface area contributed by atoms with Gasteiger partial charge in [0.2, 0.25) is 0 Å². The van der Waals surface area contributed by atoms with Crippen LogP contribution < -0.4 is 5.73 Å². The lowest BCUT2D eigenvalue weighted by Gasteiger charge is -2.36. The molecule has 0 amide bonds. The van der Waals surface area contributed by atoms with Crippen molar-refractivity contribution >= 4 is 0 Å². The van der Waals surface area contributed by atoms with Gasteiger partial charge in [0, 0.05) is 19.1 Å². The molecule has 3 heteroatoms. The van der Waals surface area contributed by atoms with Crippen LogP contribution in [0.25, 0.3) is 0 Å². The third-order valence-electron chi connectivity index (χ3n) is 4.03. The van der Waals surface area contributed by atoms with Gasteiger partial charge in [0.1, 0.15) is 5.82 Å². The number of hydrogen-bond donors (Lipinski definition) is 1. The minimum absolute atomic E-state index is 0.120. The molecule has 0 aliphatic carbocycles. The molecule has 1 aromatic carbocycles. The molecule has 2 N–H and O–H groups in total. The molecule has 1 aliphatic rings. The molecular weight excluding hydrogens is 227 g/mol. The Morgan fingerprint density at radius 3 is 2.89 bits per heavy atom. The maximum Gasteiger partial charge on any atom is 0.126 e. The summed E-state index contributed by atoms with van der Waals surface area (Å²) >= 11 is 0. The van der Waals surface area contributed by atoms with Crippen LogP contribution in [0.3, 0.4) is 0 Å². The van der Waals surface area contributed by atoms with Gasteiger partial charge in [-0.3, -0.25) is 4.90 Å². The highest BCUT2D eigenvalue weighted by Gasteiger charge is 2.25. The topological polar surface area (TPSA) is 29.3 Å². The van der Waals surface area contributed by atoms with Crippen molar-refractivity contribution in [3.63, 3.8) is 0 Å². The molecule has 18 heavy (non-hydrogen) atoms. The smallest absolute Gasteiger partial charge is 0.126 e. The van der Waals surface area contributed by atoms with Crippen molar-refractivity contribution in [2.45, 2.75) is 39.3 Å². The van der Waals surface area contributed by atoms with E-state index >= 15 is 0 Å². The van der Waals surface area contributed by atoms with Gasteiger partial charge in [0.25, 0.3) is 0 Å². The third-order valence-corrected chi connectivity index (χ3v) is 4.03. The highest BCUT2D eigenvalue weighted by atomic mass is 19.1. The van der Waals surface area contributed by atoms with Crippen LogP contribution >= 0.6 is 0 Å². The lowest BCUT2D eigenvalue weighted by atomic mass is 9.90. The fraction of sp³-hybridized carbons (Fsp3) is 0.600. The molecule has 0 radical (unpaired) electrons. The standard InChI is InChI=1S/C15H23FN2/c1-3-13-10-18(7-6-15(13)17)9-12-4-5-14(16)11(2)8-12/h4-5,8,13,15H,3,6-7,9-10,17H2,1-2H3. The summed E-state index contributed by atoms with van der Waals surface area (Å²) in [5, 5.41) is 0. The number of hydrogen-bond acceptors (Lipinski definition) is 2. The Balaban J connectivity index is 1.99. The van der Waals surface area contributed by atoms with Crippen LogP contribution in [-0.2, 0) is 6.54 Å². The average Bonchev–Trinajstić information content (AvgIpc) is 2.36. The normalized spacial score (nSPS) is 25.3. The van der Waals surface area contributed by atoms with Crippen molar-refractivity contribution in [1.82, 2.24) is 4.90 Å². The molecule has 2 nitrogen and oxygen atoms in total. The van der Waals surface area contributed by atoms with Crippen molar-refractivity contribution in [3.8, 4) is 0 Å². The molecule has 2 atom stereocenters. The Bertz CT molecular complexity index is 405. The summed E-state index contributed by atoms with van der Waals surface area (Å²) in [6.07, 6.45) is 2.21. The first kappa shape index (κ1) is 13.5. The first-order valence-electron chi connectivity index (χ1n) is 6.83. The molecule has 1 saturated heterocycles. The SMILES string of the molecule is CCC1CN(Cc2ccc(F)c(C)c2)CCC1N. The predicted molar refractivity (Wildman–Crippen MR) is 72.8 cm³/mol. The van der Waals surface area contributed by atoms with E-state index in [0.29, 0.717) is 12.0 Å². The van der Waals surface area contributed by atoms with Crippen LogP contribution in [0.1, 0.15) is 30.9 Å². The van der Waals surface area contributed by atoms with E-state index in [1.165, 1.54) is 5.56 Å². The number of halogens is 1. The molecule has 2 unspecified atom stereocenters. The minimum Gasteiger partial charge on any atom is -0.327 e. The Morgan fingerprint density at radius 2 is 2.22 bits per heavy atom. The summed E-state index contributed by atoms with van der Waals surface area (Å²) in [6.45, 7) is 7.04. The van der Waals surface area contributed by atoms with E-state index < -0.39 is 0 Å². The first-order chi connectivity index (χ1) is 8.60. The number of likely N-dealkylation sites (tertiary alicyclic amines) is 1. The molecular formula is C15H23FN2. The van der Waals surface area contributed by atoms with E-state index in [-0.39, 0.29) is 5.82 Å². The van der Waals surface area contributed by atoms with E-state index in [4.69, 9.17) is 5.73 Å². The first-order valence-corrected chi connectivity index (χ1v) is 6.83. The molecule has 1 aromatic rings. The molecule has 0 saturated carbocycles. The third kappa shape index (κ3) is 3.09. The summed E-state index contributed by atoms with van der Waals surface area (Å²) in [4.78, 5) is 2.43. The number of nitrogens with zero attached hydrogens (tertiary/aromatic N) is 1. The Morgan fingerprint density at radius 1 is 1.44 bits per heavy atom. The maximum atomic E-state index is 13.2. The number of piperidine rings is 1. The second kappa shape index (κ2) is 5.81. The number of benzene rings is 1. The van der Waals surface area contributed by atoms with Crippen molar-refractivity contribution in [3.05, 3.63) is 35.1 Å². The van der Waals surface area contributed by atoms with Crippen molar-refractivity contribution in [1.29, 1.82) is 0 Å². The zero-order valence-electron chi connectivity index (χ0n) is 11.3. The lowest BCUT2D eigenvalue weighted by Crippen LogP contribution is -2.46. The monoisotopic (exact) mass is 250 g/mol. The second-order valence-electron chi connectivity index (χ2n) is 5.44. The van der Waals surface area contributed by atoms with Gasteiger partial charge in [-0.15, -0.1) is 0 Å². The van der Waals surface area contributed by atoms with Gasteiger partial charge in [-0.05, 0) is 43.0 Å². The van der Waals surface area contributed by atoms with Crippen LogP contribution in [-0.4, -0.2) is 24.0 Å². The van der Waals surface area contributed by atoms with Crippen LogP contribution in [0.2, 0.25) is 0 Å². The van der Waals surface area contributed by atoms with E-state index in [0.717, 1.165) is 38.0 Å². The van der Waals surface area contributed by atoms with Crippen LogP contribution in [0.15, 0.2) is 18.2 Å². The fourth-order valence-corrected chi connectivity index (χ4v) is 2.76. The van der Waals surface area contributed by atoms with Crippen LogP contribution in [0, 0.1) is 18.7 Å². The highest BCUT2D eigenvalue weighted by molar-refractivity contribution is 5.23. The Hall–Kier alpha value is -0.930. The summed E-state index contributed by atoms with van der Waals surface area (Å²) < 4.78 is 13.2. The maximum absolute atomic E-state index is 13.2. The number of aryl methyl sites for hydroxylation is 1. The summed E-state index contributed by atoms with van der Waals surface area (Å²) in [7, 11) is 0. The molecule has 2 rings (SSSR count). The molecule has 1 fully saturated rings. The molecule has 0 bridgehead atoms. The van der Waals surface area contributed by atoms with Crippen LogP contribution in [0.4, 0.5) is 4.39 Å². The molecule has 100 valence electrons. The number of rotatable bonds is 3. The Kier molecular flexibility index (Phi) is 4.36. The van der Waals surface area contributed by atoms with Gasteiger partial charge < -0.3 is 5.73 Å². The van der Waals surface area contributed by atoms with Gasteiger partial charge in [0.05, 0.1) is 0 Å². The fourth-order valence-electron chi connectivity index (χ4n) is 2.76. The van der Waals surface area contributed by atoms with Gasteiger partial charge in [0.15, 0.2) is 0 Å². The van der Waals surface area contributed by atoms with E-state index in [1.807, 2.05) is 19.1 Å². The van der Waals surface area contributed by atoms with Gasteiger partial charge in [-0.25, -0.2) is 4.39 Å². The summed E-state index contributed by atoms with van der Waals surface area (Å²) in [5.41, 5.74) is 8.04. The van der Waals surface area contributed by atoms with Crippen LogP contribution in [0.5, 0.6) is 0 Å². The van der Waals surface area contributed by atoms with Gasteiger partial charge >= 0.3 is 0 Å². The van der Waals surface area contributed by atoms with Gasteiger partial charge in [-0.2, -0.15) is 0 Å². The quantitative estimate of drug-likeness (QED) is 0.893. The predicted octanol–water partition coefficient (Wildman–Crippen LogP) is 2.69. The lowest BCUT2D eigenvalue weighted by molar-refractivity contribution is 0.145. The Labute approximate surface area is 109 Å². The zero-order chi connectivity index (χ0) is 13.1. The number of nitrogens with two attached hydrogens (primary N) is 1. The second-order valence-corrected chi connectivity index (χ2v) is 5.44. The largest absolute Gasteiger partial charge is 0.327 e. The molecule has 1 aliphatic heterocycles. The average molecular weight is 250 g/mol. The van der Waals surface area contributed by atoms with Crippen molar-refractivity contribution in [2.24, 2.45) is 11.7 Å². The summed E-state index contributed by atoms with van der Waals surface area (Å²) in [5.74, 6) is 0.478. The van der Waals surface area contributed by atoms with Crippen molar-refractivity contribution < 1.29 is 4.39 Å². The van der Waals surface area contributed by atoms with E-state index in [1.54, 1.807) is 6.07 Å². The summed E-state index contributed by atoms with van der Waals surface area (Å²) in [6, 6.07) is 5.75. The minimum atomic E-state index is -0.120. The van der Waals surface area contributed by atoms with Gasteiger partial charge in [-0.1, -0.05) is 25.5 Å².